The fourth-order valence-corrected chi connectivity index (χ4v) is 1.15. The highest BCUT2D eigenvalue weighted by Crippen LogP contribution is 2.07. The molecule has 0 radical (unpaired) electrons. The maximum Gasteiger partial charge on any atom is 0.146 e. The Labute approximate surface area is 78.9 Å². The maximum atomic E-state index is 7.79. The highest BCUT2D eigenvalue weighted by molar-refractivity contribution is 5.95. The standard InChI is InChI=1S/C10H15N3/c1-4-8-6-5-7-12-9(8)10(11)13(2)3/h5-7,11H,4H2,1-3H3. The SMILES string of the molecule is CCc1cccnc1C(=N)N(C)C. The highest BCUT2D eigenvalue weighted by atomic mass is 15.1. The van der Waals surface area contributed by atoms with Crippen molar-refractivity contribution in [3.63, 3.8) is 0 Å². The molecule has 0 unspecified atom stereocenters. The van der Waals surface area contributed by atoms with E-state index in [0.29, 0.717) is 5.84 Å². The van der Waals surface area contributed by atoms with Crippen LogP contribution in [0.1, 0.15) is 18.2 Å². The minimum atomic E-state index is 0.470. The number of aromatic nitrogens is 1. The molecule has 0 aliphatic rings. The van der Waals surface area contributed by atoms with Crippen molar-refractivity contribution in [1.82, 2.24) is 9.88 Å². The summed E-state index contributed by atoms with van der Waals surface area (Å²) in [6.45, 7) is 2.07. The van der Waals surface area contributed by atoms with Crippen LogP contribution in [-0.4, -0.2) is 29.8 Å². The van der Waals surface area contributed by atoms with Crippen molar-refractivity contribution in [2.45, 2.75) is 13.3 Å². The Morgan fingerprint density at radius 1 is 1.54 bits per heavy atom. The second-order valence-electron chi connectivity index (χ2n) is 3.11. The van der Waals surface area contributed by atoms with Crippen LogP contribution in [0.3, 0.4) is 0 Å². The van der Waals surface area contributed by atoms with E-state index in [2.05, 4.69) is 11.9 Å². The van der Waals surface area contributed by atoms with Gasteiger partial charge >= 0.3 is 0 Å². The minimum absolute atomic E-state index is 0.470. The van der Waals surface area contributed by atoms with Crippen LogP contribution in [-0.2, 0) is 6.42 Å². The molecule has 0 saturated heterocycles. The Kier molecular flexibility index (Phi) is 3.01. The van der Waals surface area contributed by atoms with Gasteiger partial charge in [-0.3, -0.25) is 10.4 Å². The van der Waals surface area contributed by atoms with Crippen molar-refractivity contribution in [2.24, 2.45) is 0 Å². The van der Waals surface area contributed by atoms with Crippen LogP contribution in [0.5, 0.6) is 0 Å². The van der Waals surface area contributed by atoms with E-state index in [9.17, 15) is 0 Å². The number of pyridine rings is 1. The lowest BCUT2D eigenvalue weighted by Gasteiger charge is -2.14. The molecule has 1 heterocycles. The van der Waals surface area contributed by atoms with Crippen molar-refractivity contribution in [3.05, 3.63) is 29.6 Å². The number of aryl methyl sites for hydroxylation is 1. The van der Waals surface area contributed by atoms with E-state index in [1.165, 1.54) is 0 Å². The van der Waals surface area contributed by atoms with Gasteiger partial charge in [0.1, 0.15) is 11.5 Å². The van der Waals surface area contributed by atoms with Crippen molar-refractivity contribution < 1.29 is 0 Å². The molecule has 0 amide bonds. The van der Waals surface area contributed by atoms with E-state index in [1.54, 1.807) is 11.1 Å². The van der Waals surface area contributed by atoms with Crippen LogP contribution < -0.4 is 0 Å². The van der Waals surface area contributed by atoms with Gasteiger partial charge in [0.15, 0.2) is 0 Å². The fraction of sp³-hybridized carbons (Fsp3) is 0.400. The largest absolute Gasteiger partial charge is 0.361 e. The van der Waals surface area contributed by atoms with Gasteiger partial charge in [0.25, 0.3) is 0 Å². The average Bonchev–Trinajstić information content (AvgIpc) is 2.16. The summed E-state index contributed by atoms with van der Waals surface area (Å²) in [7, 11) is 3.72. The zero-order valence-electron chi connectivity index (χ0n) is 8.33. The lowest BCUT2D eigenvalue weighted by molar-refractivity contribution is 0.615. The molecule has 0 aliphatic heterocycles. The molecule has 1 rings (SSSR count). The minimum Gasteiger partial charge on any atom is -0.361 e. The first-order valence-corrected chi connectivity index (χ1v) is 4.37. The van der Waals surface area contributed by atoms with Crippen molar-refractivity contribution in [2.75, 3.05) is 14.1 Å². The molecule has 3 nitrogen and oxygen atoms in total. The topological polar surface area (TPSA) is 40.0 Å². The lowest BCUT2D eigenvalue weighted by Crippen LogP contribution is -2.24. The summed E-state index contributed by atoms with van der Waals surface area (Å²) < 4.78 is 0. The molecule has 0 atom stereocenters. The zero-order chi connectivity index (χ0) is 9.84. The van der Waals surface area contributed by atoms with Crippen LogP contribution in [0.4, 0.5) is 0 Å². The molecule has 1 N–H and O–H groups in total. The number of hydrogen-bond acceptors (Lipinski definition) is 2. The third-order valence-electron chi connectivity index (χ3n) is 1.94. The summed E-state index contributed by atoms with van der Waals surface area (Å²) in [6.07, 6.45) is 2.64. The molecule has 70 valence electrons. The summed E-state index contributed by atoms with van der Waals surface area (Å²) in [6, 6.07) is 3.92. The summed E-state index contributed by atoms with van der Waals surface area (Å²) in [5.74, 6) is 0.470. The van der Waals surface area contributed by atoms with Crippen LogP contribution in [0.15, 0.2) is 18.3 Å². The van der Waals surface area contributed by atoms with Gasteiger partial charge in [0, 0.05) is 20.3 Å². The quantitative estimate of drug-likeness (QED) is 0.549. The molecule has 0 saturated carbocycles. The van der Waals surface area contributed by atoms with E-state index in [-0.39, 0.29) is 0 Å². The first kappa shape index (κ1) is 9.71. The molecule has 0 aromatic carbocycles. The Bertz CT molecular complexity index is 305. The van der Waals surface area contributed by atoms with Gasteiger partial charge in [-0.2, -0.15) is 0 Å². The van der Waals surface area contributed by atoms with Crippen LogP contribution >= 0.6 is 0 Å². The zero-order valence-corrected chi connectivity index (χ0v) is 8.33. The second-order valence-corrected chi connectivity index (χ2v) is 3.11. The van der Waals surface area contributed by atoms with E-state index in [4.69, 9.17) is 5.41 Å². The van der Waals surface area contributed by atoms with Crippen molar-refractivity contribution in [1.29, 1.82) is 5.41 Å². The average molecular weight is 177 g/mol. The lowest BCUT2D eigenvalue weighted by atomic mass is 10.1. The first-order valence-electron chi connectivity index (χ1n) is 4.37. The third-order valence-corrected chi connectivity index (χ3v) is 1.94. The van der Waals surface area contributed by atoms with Gasteiger partial charge in [-0.15, -0.1) is 0 Å². The molecule has 0 spiro atoms. The summed E-state index contributed by atoms with van der Waals surface area (Å²) in [4.78, 5) is 5.97. The number of amidine groups is 1. The van der Waals surface area contributed by atoms with Crippen LogP contribution in [0.2, 0.25) is 0 Å². The van der Waals surface area contributed by atoms with Gasteiger partial charge in [-0.05, 0) is 18.1 Å². The van der Waals surface area contributed by atoms with E-state index < -0.39 is 0 Å². The summed E-state index contributed by atoms with van der Waals surface area (Å²) in [5.41, 5.74) is 1.91. The molecule has 3 heteroatoms. The van der Waals surface area contributed by atoms with E-state index in [1.807, 2.05) is 26.2 Å². The molecule has 0 bridgehead atoms. The number of rotatable bonds is 2. The van der Waals surface area contributed by atoms with Gasteiger partial charge in [-0.1, -0.05) is 13.0 Å². The molecule has 1 aromatic rings. The molecule has 13 heavy (non-hydrogen) atoms. The predicted octanol–water partition coefficient (Wildman–Crippen LogP) is 1.53. The normalized spacial score (nSPS) is 9.77. The molecule has 0 fully saturated rings. The Morgan fingerprint density at radius 2 is 2.23 bits per heavy atom. The van der Waals surface area contributed by atoms with Gasteiger partial charge < -0.3 is 4.90 Å². The molecule has 1 aromatic heterocycles. The van der Waals surface area contributed by atoms with E-state index in [0.717, 1.165) is 17.7 Å². The number of hydrogen-bond donors (Lipinski definition) is 1. The summed E-state index contributed by atoms with van der Waals surface area (Å²) in [5, 5.41) is 7.79. The predicted molar refractivity (Wildman–Crippen MR) is 54.1 cm³/mol. The molecular formula is C10H15N3. The van der Waals surface area contributed by atoms with Crippen LogP contribution in [0, 0.1) is 5.41 Å². The smallest absolute Gasteiger partial charge is 0.146 e. The Hall–Kier alpha value is -1.38. The fourth-order valence-electron chi connectivity index (χ4n) is 1.15. The summed E-state index contributed by atoms with van der Waals surface area (Å²) >= 11 is 0. The molecular weight excluding hydrogens is 162 g/mol. The van der Waals surface area contributed by atoms with Gasteiger partial charge in [-0.25, -0.2) is 0 Å². The van der Waals surface area contributed by atoms with E-state index >= 15 is 0 Å². The van der Waals surface area contributed by atoms with Gasteiger partial charge in [0.2, 0.25) is 0 Å². The van der Waals surface area contributed by atoms with Crippen LogP contribution in [0.25, 0.3) is 0 Å². The Morgan fingerprint density at radius 3 is 2.77 bits per heavy atom. The maximum absolute atomic E-state index is 7.79. The van der Waals surface area contributed by atoms with Crippen molar-refractivity contribution in [3.8, 4) is 0 Å². The number of nitrogens with zero attached hydrogens (tertiary/aromatic N) is 2. The second kappa shape index (κ2) is 4.03. The third kappa shape index (κ3) is 2.05. The number of nitrogens with one attached hydrogen (secondary N) is 1. The Balaban J connectivity index is 3.06. The first-order chi connectivity index (χ1) is 6.16. The molecule has 0 aliphatic carbocycles. The monoisotopic (exact) mass is 177 g/mol. The highest BCUT2D eigenvalue weighted by Gasteiger charge is 2.08. The van der Waals surface area contributed by atoms with Gasteiger partial charge in [0.05, 0.1) is 0 Å². The van der Waals surface area contributed by atoms with Crippen molar-refractivity contribution >= 4 is 5.84 Å².